The van der Waals surface area contributed by atoms with E-state index in [1.807, 2.05) is 19.1 Å². The second kappa shape index (κ2) is 6.52. The Hall–Kier alpha value is -1.62. The van der Waals surface area contributed by atoms with E-state index in [1.165, 1.54) is 0 Å². The van der Waals surface area contributed by atoms with E-state index in [1.54, 1.807) is 6.20 Å². The monoisotopic (exact) mass is 263 g/mol. The van der Waals surface area contributed by atoms with E-state index in [2.05, 4.69) is 15.2 Å². The van der Waals surface area contributed by atoms with Gasteiger partial charge in [-0.2, -0.15) is 0 Å². The van der Waals surface area contributed by atoms with Gasteiger partial charge in [0.1, 0.15) is 5.69 Å². The van der Waals surface area contributed by atoms with Crippen LogP contribution in [0.4, 0.5) is 5.69 Å². The number of aliphatic hydroxyl groups excluding tert-OH is 1. The van der Waals surface area contributed by atoms with E-state index in [9.17, 15) is 4.79 Å². The molecule has 0 aliphatic carbocycles. The van der Waals surface area contributed by atoms with Crippen molar-refractivity contribution in [3.8, 4) is 0 Å². The summed E-state index contributed by atoms with van der Waals surface area (Å²) in [6.45, 7) is 4.66. The number of nitrogens with one attached hydrogen (secondary N) is 1. The van der Waals surface area contributed by atoms with Gasteiger partial charge < -0.3 is 15.3 Å². The Morgan fingerprint density at radius 1 is 1.63 bits per heavy atom. The van der Waals surface area contributed by atoms with Crippen LogP contribution in [0.15, 0.2) is 18.3 Å². The summed E-state index contributed by atoms with van der Waals surface area (Å²) in [6, 6.07) is 3.77. The number of aliphatic hydroxyl groups is 1. The lowest BCUT2D eigenvalue weighted by Gasteiger charge is -2.19. The number of anilines is 1. The first-order valence-corrected chi connectivity index (χ1v) is 6.84. The minimum absolute atomic E-state index is 0.129. The van der Waals surface area contributed by atoms with Crippen molar-refractivity contribution >= 4 is 11.6 Å². The molecule has 0 spiro atoms. The fourth-order valence-corrected chi connectivity index (χ4v) is 2.48. The third-order valence-corrected chi connectivity index (χ3v) is 3.50. The number of pyridine rings is 1. The van der Waals surface area contributed by atoms with E-state index in [-0.39, 0.29) is 12.5 Å². The molecule has 0 bridgehead atoms. The molecule has 2 N–H and O–H groups in total. The molecular formula is C14H21N3O2. The fraction of sp³-hybridized carbons (Fsp3) is 0.571. The van der Waals surface area contributed by atoms with Crippen LogP contribution in [0.25, 0.3) is 0 Å². The highest BCUT2D eigenvalue weighted by Crippen LogP contribution is 2.25. The average molecular weight is 263 g/mol. The fourth-order valence-electron chi connectivity index (χ4n) is 2.48. The molecule has 1 aromatic rings. The summed E-state index contributed by atoms with van der Waals surface area (Å²) in [5.41, 5.74) is 1.50. The molecule has 1 aliphatic heterocycles. The van der Waals surface area contributed by atoms with Crippen LogP contribution in [0.5, 0.6) is 0 Å². The summed E-state index contributed by atoms with van der Waals surface area (Å²) < 4.78 is 0. The zero-order valence-electron chi connectivity index (χ0n) is 11.3. The summed E-state index contributed by atoms with van der Waals surface area (Å²) in [4.78, 5) is 18.1. The third kappa shape index (κ3) is 3.44. The lowest BCUT2D eigenvalue weighted by Crippen LogP contribution is -2.25. The van der Waals surface area contributed by atoms with Gasteiger partial charge in [-0.3, -0.25) is 9.78 Å². The number of amides is 1. The van der Waals surface area contributed by atoms with Crippen LogP contribution in [0, 0.1) is 5.92 Å². The number of carbonyl (C=O) groups excluding carboxylic acids is 1. The van der Waals surface area contributed by atoms with Crippen molar-refractivity contribution in [1.82, 2.24) is 10.3 Å². The average Bonchev–Trinajstić information content (AvgIpc) is 2.88. The number of rotatable bonds is 5. The molecule has 0 aromatic carbocycles. The highest BCUT2D eigenvalue weighted by molar-refractivity contribution is 5.93. The smallest absolute Gasteiger partial charge is 0.269 e. The largest absolute Gasteiger partial charge is 0.396 e. The van der Waals surface area contributed by atoms with Crippen LogP contribution < -0.4 is 10.2 Å². The molecule has 2 heterocycles. The second-order valence-electron chi connectivity index (χ2n) is 4.87. The Kier molecular flexibility index (Phi) is 4.74. The van der Waals surface area contributed by atoms with Crippen molar-refractivity contribution < 1.29 is 9.90 Å². The van der Waals surface area contributed by atoms with Gasteiger partial charge in [0.05, 0.1) is 0 Å². The van der Waals surface area contributed by atoms with Gasteiger partial charge in [-0.15, -0.1) is 0 Å². The van der Waals surface area contributed by atoms with Gasteiger partial charge in [-0.05, 0) is 37.8 Å². The number of hydrogen-bond donors (Lipinski definition) is 2. The van der Waals surface area contributed by atoms with E-state index in [4.69, 9.17) is 5.11 Å². The predicted molar refractivity (Wildman–Crippen MR) is 74.3 cm³/mol. The van der Waals surface area contributed by atoms with Crippen molar-refractivity contribution in [2.24, 2.45) is 5.92 Å². The molecule has 104 valence electrons. The Morgan fingerprint density at radius 2 is 2.47 bits per heavy atom. The predicted octanol–water partition coefficient (Wildman–Crippen LogP) is 1.04. The number of nitrogens with zero attached hydrogens (tertiary/aromatic N) is 2. The first-order valence-electron chi connectivity index (χ1n) is 6.84. The molecule has 1 atom stereocenters. The minimum atomic E-state index is -0.129. The van der Waals surface area contributed by atoms with E-state index in [0.717, 1.165) is 31.6 Å². The normalized spacial score (nSPS) is 18.6. The van der Waals surface area contributed by atoms with Crippen LogP contribution in [-0.2, 0) is 0 Å². The zero-order chi connectivity index (χ0) is 13.7. The van der Waals surface area contributed by atoms with Crippen LogP contribution >= 0.6 is 0 Å². The molecule has 5 nitrogen and oxygen atoms in total. The first kappa shape index (κ1) is 13.8. The molecule has 0 radical (unpaired) electrons. The quantitative estimate of drug-likeness (QED) is 0.833. The second-order valence-corrected chi connectivity index (χ2v) is 4.87. The summed E-state index contributed by atoms with van der Waals surface area (Å²) in [6.07, 6.45) is 3.63. The highest BCUT2D eigenvalue weighted by Gasteiger charge is 2.22. The molecule has 1 unspecified atom stereocenters. The molecule has 1 saturated heterocycles. The molecule has 19 heavy (non-hydrogen) atoms. The van der Waals surface area contributed by atoms with Gasteiger partial charge >= 0.3 is 0 Å². The van der Waals surface area contributed by atoms with Gasteiger partial charge in [-0.25, -0.2) is 0 Å². The molecule has 5 heteroatoms. The molecular weight excluding hydrogens is 242 g/mol. The zero-order valence-corrected chi connectivity index (χ0v) is 11.3. The highest BCUT2D eigenvalue weighted by atomic mass is 16.3. The maximum atomic E-state index is 11.8. The topological polar surface area (TPSA) is 65.5 Å². The van der Waals surface area contributed by atoms with E-state index in [0.29, 0.717) is 18.2 Å². The third-order valence-electron chi connectivity index (χ3n) is 3.50. The molecule has 0 saturated carbocycles. The van der Waals surface area contributed by atoms with Gasteiger partial charge in [0, 0.05) is 38.1 Å². The van der Waals surface area contributed by atoms with E-state index < -0.39 is 0 Å². The molecule has 1 aliphatic rings. The lowest BCUT2D eigenvalue weighted by molar-refractivity contribution is 0.0951. The van der Waals surface area contributed by atoms with Crippen molar-refractivity contribution in [1.29, 1.82) is 0 Å². The van der Waals surface area contributed by atoms with Crippen molar-refractivity contribution in [3.63, 3.8) is 0 Å². The van der Waals surface area contributed by atoms with Crippen LogP contribution in [0.2, 0.25) is 0 Å². The Balaban J connectivity index is 2.05. The standard InChI is InChI=1S/C14H21N3O2/c1-2-15-14(19)13-9-12(3-6-16-13)17-7-4-11(10-17)5-8-18/h3,6,9,11,18H,2,4-5,7-8,10H2,1H3,(H,15,19). The SMILES string of the molecule is CCNC(=O)c1cc(N2CCC(CCO)C2)ccn1. The first-order chi connectivity index (χ1) is 9.24. The maximum absolute atomic E-state index is 11.8. The Bertz CT molecular complexity index is 436. The van der Waals surface area contributed by atoms with E-state index >= 15 is 0 Å². The molecule has 2 rings (SSSR count). The number of hydrogen-bond acceptors (Lipinski definition) is 4. The molecule has 1 fully saturated rings. The Labute approximate surface area is 113 Å². The van der Waals surface area contributed by atoms with Gasteiger partial charge in [0.25, 0.3) is 5.91 Å². The minimum Gasteiger partial charge on any atom is -0.396 e. The number of aromatic nitrogens is 1. The van der Waals surface area contributed by atoms with Crippen molar-refractivity contribution in [2.45, 2.75) is 19.8 Å². The van der Waals surface area contributed by atoms with Gasteiger partial charge in [0.15, 0.2) is 0 Å². The molecule has 1 amide bonds. The maximum Gasteiger partial charge on any atom is 0.269 e. The molecule has 1 aromatic heterocycles. The van der Waals surface area contributed by atoms with Crippen LogP contribution in [0.3, 0.4) is 0 Å². The van der Waals surface area contributed by atoms with Crippen LogP contribution in [-0.4, -0.2) is 42.2 Å². The van der Waals surface area contributed by atoms with Crippen molar-refractivity contribution in [3.05, 3.63) is 24.0 Å². The van der Waals surface area contributed by atoms with Gasteiger partial charge in [-0.1, -0.05) is 0 Å². The van der Waals surface area contributed by atoms with Gasteiger partial charge in [0.2, 0.25) is 0 Å². The van der Waals surface area contributed by atoms with Crippen LogP contribution in [0.1, 0.15) is 30.3 Å². The van der Waals surface area contributed by atoms with Crippen molar-refractivity contribution in [2.75, 3.05) is 31.1 Å². The summed E-state index contributed by atoms with van der Waals surface area (Å²) in [5, 5.41) is 11.7. The summed E-state index contributed by atoms with van der Waals surface area (Å²) >= 11 is 0. The lowest BCUT2D eigenvalue weighted by atomic mass is 10.1. The summed E-state index contributed by atoms with van der Waals surface area (Å²) in [7, 11) is 0. The Morgan fingerprint density at radius 3 is 3.21 bits per heavy atom. The summed E-state index contributed by atoms with van der Waals surface area (Å²) in [5.74, 6) is 0.418. The number of carbonyl (C=O) groups is 1.